The minimum Gasteiger partial charge on any atom is -0.469 e. The largest absolute Gasteiger partial charge is 0.469 e. The summed E-state index contributed by atoms with van der Waals surface area (Å²) >= 11 is 0. The second-order valence-corrected chi connectivity index (χ2v) is 6.11. The van der Waals surface area contributed by atoms with Gasteiger partial charge in [-0.05, 0) is 32.7 Å². The Hall–Kier alpha value is -0.610. The number of hydrogen-bond acceptors (Lipinski definition) is 4. The van der Waals surface area contributed by atoms with E-state index in [1.807, 2.05) is 0 Å². The summed E-state index contributed by atoms with van der Waals surface area (Å²) in [5.74, 6) is -0.136. The monoisotopic (exact) mass is 269 g/mol. The number of hydrogen-bond donors (Lipinski definition) is 0. The van der Waals surface area contributed by atoms with Crippen molar-refractivity contribution in [3.05, 3.63) is 0 Å². The second kappa shape index (κ2) is 6.71. The van der Waals surface area contributed by atoms with E-state index in [1.165, 1.54) is 52.1 Å². The summed E-state index contributed by atoms with van der Waals surface area (Å²) in [5, 5.41) is 0. The lowest BCUT2D eigenvalue weighted by molar-refractivity contribution is -0.141. The first kappa shape index (κ1) is 14.8. The topological polar surface area (TPSA) is 38.8 Å². The highest BCUT2D eigenvalue weighted by molar-refractivity contribution is 5.69. The van der Waals surface area contributed by atoms with Gasteiger partial charge < -0.3 is 14.4 Å². The number of likely N-dealkylation sites (N-methyl/N-ethyl adjacent to an activating group) is 1. The van der Waals surface area contributed by atoms with E-state index in [0.717, 1.165) is 13.1 Å². The molecule has 1 atom stereocenters. The predicted octanol–water partition coefficient (Wildman–Crippen LogP) is 2.36. The van der Waals surface area contributed by atoms with E-state index in [4.69, 9.17) is 4.74 Å². The van der Waals surface area contributed by atoms with Crippen molar-refractivity contribution in [1.82, 2.24) is 4.90 Å². The number of carbonyl (C=O) groups is 1. The highest BCUT2D eigenvalue weighted by Gasteiger charge is 2.40. The van der Waals surface area contributed by atoms with Crippen LogP contribution in [-0.4, -0.2) is 49.8 Å². The molecule has 2 fully saturated rings. The van der Waals surface area contributed by atoms with Crippen molar-refractivity contribution in [1.29, 1.82) is 0 Å². The van der Waals surface area contributed by atoms with E-state index < -0.39 is 0 Å². The number of ether oxygens (including phenoxy) is 2. The number of rotatable bonds is 5. The second-order valence-electron chi connectivity index (χ2n) is 6.11. The van der Waals surface area contributed by atoms with Gasteiger partial charge in [0.05, 0.1) is 25.2 Å². The quantitative estimate of drug-likeness (QED) is 0.718. The van der Waals surface area contributed by atoms with Crippen LogP contribution in [0.5, 0.6) is 0 Å². The van der Waals surface area contributed by atoms with Gasteiger partial charge >= 0.3 is 5.97 Å². The molecule has 1 aliphatic heterocycles. The molecule has 4 heteroatoms. The fraction of sp³-hybridized carbons (Fsp3) is 0.933. The van der Waals surface area contributed by atoms with Gasteiger partial charge in [0.15, 0.2) is 0 Å². The van der Waals surface area contributed by atoms with Gasteiger partial charge in [0.25, 0.3) is 0 Å². The molecule has 1 saturated heterocycles. The zero-order valence-electron chi connectivity index (χ0n) is 12.3. The van der Waals surface area contributed by atoms with E-state index in [9.17, 15) is 4.79 Å². The highest BCUT2D eigenvalue weighted by Crippen LogP contribution is 2.41. The van der Waals surface area contributed by atoms with Crippen LogP contribution in [0.3, 0.4) is 0 Å². The van der Waals surface area contributed by atoms with Gasteiger partial charge in [-0.3, -0.25) is 4.79 Å². The molecule has 0 N–H and O–H groups in total. The van der Waals surface area contributed by atoms with Crippen LogP contribution in [0.25, 0.3) is 0 Å². The lowest BCUT2D eigenvalue weighted by Crippen LogP contribution is -2.35. The average molecular weight is 269 g/mol. The Bertz CT molecular complexity index is 300. The molecule has 1 unspecified atom stereocenters. The van der Waals surface area contributed by atoms with Gasteiger partial charge in [-0.1, -0.05) is 19.3 Å². The molecule has 2 rings (SSSR count). The first-order valence-corrected chi connectivity index (χ1v) is 7.57. The molecule has 0 amide bonds. The van der Waals surface area contributed by atoms with Crippen LogP contribution in [0.4, 0.5) is 0 Å². The van der Waals surface area contributed by atoms with Crippen LogP contribution in [0.1, 0.15) is 51.4 Å². The maximum Gasteiger partial charge on any atom is 0.306 e. The molecule has 1 saturated carbocycles. The van der Waals surface area contributed by atoms with Crippen molar-refractivity contribution >= 4 is 5.97 Å². The van der Waals surface area contributed by atoms with Crippen LogP contribution >= 0.6 is 0 Å². The molecule has 4 nitrogen and oxygen atoms in total. The van der Waals surface area contributed by atoms with Crippen molar-refractivity contribution < 1.29 is 14.3 Å². The Labute approximate surface area is 116 Å². The molecule has 110 valence electrons. The summed E-state index contributed by atoms with van der Waals surface area (Å²) in [7, 11) is 3.49. The Balaban J connectivity index is 1.70. The fourth-order valence-corrected chi connectivity index (χ4v) is 3.41. The van der Waals surface area contributed by atoms with Crippen LogP contribution in [-0.2, 0) is 14.3 Å². The Kier molecular flexibility index (Phi) is 5.22. The molecule has 1 spiro atoms. The lowest BCUT2D eigenvalue weighted by atomic mass is 9.83. The SMILES string of the molecule is COC(=O)CCN(C)CC1CCC2(CCCCC2)O1. The standard InChI is InChI=1S/C15H27NO3/c1-16(11-7-14(17)18-2)12-13-6-10-15(19-13)8-4-3-5-9-15/h13H,3-12H2,1-2H3. The molecule has 0 radical (unpaired) electrons. The van der Waals surface area contributed by atoms with Crippen LogP contribution in [0.15, 0.2) is 0 Å². The molecule has 0 aromatic heterocycles. The zero-order valence-corrected chi connectivity index (χ0v) is 12.3. The molecule has 1 aliphatic carbocycles. The molecular formula is C15H27NO3. The normalized spacial score (nSPS) is 25.9. The summed E-state index contributed by atoms with van der Waals surface area (Å²) in [5.41, 5.74) is 0.201. The van der Waals surface area contributed by atoms with Crippen LogP contribution in [0.2, 0.25) is 0 Å². The molecule has 0 bridgehead atoms. The minimum absolute atomic E-state index is 0.136. The van der Waals surface area contributed by atoms with Crippen molar-refractivity contribution in [2.24, 2.45) is 0 Å². The van der Waals surface area contributed by atoms with Crippen molar-refractivity contribution in [3.63, 3.8) is 0 Å². The van der Waals surface area contributed by atoms with Crippen molar-refractivity contribution in [3.8, 4) is 0 Å². The van der Waals surface area contributed by atoms with Gasteiger partial charge in [-0.2, -0.15) is 0 Å². The summed E-state index contributed by atoms with van der Waals surface area (Å²) in [4.78, 5) is 13.3. The third-order valence-corrected chi connectivity index (χ3v) is 4.54. The molecular weight excluding hydrogens is 242 g/mol. The third-order valence-electron chi connectivity index (χ3n) is 4.54. The Morgan fingerprint density at radius 1 is 1.32 bits per heavy atom. The van der Waals surface area contributed by atoms with E-state index >= 15 is 0 Å². The third kappa shape index (κ3) is 4.18. The molecule has 0 aromatic rings. The predicted molar refractivity (Wildman–Crippen MR) is 74.1 cm³/mol. The van der Waals surface area contributed by atoms with Gasteiger partial charge in [0, 0.05) is 13.1 Å². The van der Waals surface area contributed by atoms with E-state index in [0.29, 0.717) is 12.5 Å². The van der Waals surface area contributed by atoms with Gasteiger partial charge in [-0.15, -0.1) is 0 Å². The highest BCUT2D eigenvalue weighted by atomic mass is 16.5. The van der Waals surface area contributed by atoms with Crippen LogP contribution in [0, 0.1) is 0 Å². The van der Waals surface area contributed by atoms with E-state index in [1.54, 1.807) is 0 Å². The summed E-state index contributed by atoms with van der Waals surface area (Å²) in [6, 6.07) is 0. The van der Waals surface area contributed by atoms with Gasteiger partial charge in [-0.25, -0.2) is 0 Å². The van der Waals surface area contributed by atoms with E-state index in [-0.39, 0.29) is 11.6 Å². The molecule has 0 aromatic carbocycles. The van der Waals surface area contributed by atoms with Crippen molar-refractivity contribution in [2.45, 2.75) is 63.1 Å². The van der Waals surface area contributed by atoms with Crippen molar-refractivity contribution in [2.75, 3.05) is 27.2 Å². The molecule has 19 heavy (non-hydrogen) atoms. The zero-order chi connectivity index (χ0) is 13.7. The fourth-order valence-electron chi connectivity index (χ4n) is 3.41. The van der Waals surface area contributed by atoms with Crippen LogP contribution < -0.4 is 0 Å². The molecule has 2 aliphatic rings. The number of nitrogens with zero attached hydrogens (tertiary/aromatic N) is 1. The number of carbonyl (C=O) groups excluding carboxylic acids is 1. The minimum atomic E-state index is -0.136. The maximum atomic E-state index is 11.1. The summed E-state index contributed by atoms with van der Waals surface area (Å²) in [6.07, 6.45) is 9.71. The number of methoxy groups -OCH3 is 1. The Morgan fingerprint density at radius 2 is 2.05 bits per heavy atom. The summed E-state index contributed by atoms with van der Waals surface area (Å²) in [6.45, 7) is 1.68. The maximum absolute atomic E-state index is 11.1. The van der Waals surface area contributed by atoms with Gasteiger partial charge in [0.2, 0.25) is 0 Å². The Morgan fingerprint density at radius 3 is 2.74 bits per heavy atom. The smallest absolute Gasteiger partial charge is 0.306 e. The summed E-state index contributed by atoms with van der Waals surface area (Å²) < 4.78 is 11.0. The van der Waals surface area contributed by atoms with E-state index in [2.05, 4.69) is 16.7 Å². The lowest BCUT2D eigenvalue weighted by Gasteiger charge is -2.34. The molecule has 1 heterocycles. The first-order chi connectivity index (χ1) is 9.13. The average Bonchev–Trinajstić information content (AvgIpc) is 2.79. The van der Waals surface area contributed by atoms with Gasteiger partial charge in [0.1, 0.15) is 0 Å². The first-order valence-electron chi connectivity index (χ1n) is 7.57. The number of esters is 1.